The maximum absolute atomic E-state index is 12.4. The Balaban J connectivity index is 1.45. The Labute approximate surface area is 218 Å². The number of H-pyrrole nitrogens is 1. The van der Waals surface area contributed by atoms with Gasteiger partial charge in [-0.2, -0.15) is 0 Å². The highest BCUT2D eigenvalue weighted by Gasteiger charge is 2.46. The van der Waals surface area contributed by atoms with Crippen molar-refractivity contribution in [1.82, 2.24) is 14.9 Å². The van der Waals surface area contributed by atoms with Gasteiger partial charge in [0.15, 0.2) is 12.5 Å². The number of aliphatic hydroxyl groups is 3. The van der Waals surface area contributed by atoms with E-state index in [9.17, 15) is 38.1 Å². The summed E-state index contributed by atoms with van der Waals surface area (Å²) < 4.78 is 59.4. The molecule has 2 saturated heterocycles. The minimum atomic E-state index is -4.81. The molecular formula is C23H29F3N4O9. The largest absolute Gasteiger partial charge is 0.573 e. The monoisotopic (exact) mass is 562 g/mol. The number of rotatable bonds is 10. The Bertz CT molecular complexity index is 1210. The van der Waals surface area contributed by atoms with Gasteiger partial charge in [0.1, 0.15) is 30.2 Å². The molecule has 0 bridgehead atoms. The molecule has 216 valence electrons. The number of nitrogens with one attached hydrogen (secondary N) is 2. The molecule has 4 rings (SSSR count). The summed E-state index contributed by atoms with van der Waals surface area (Å²) >= 11 is 0. The fourth-order valence-corrected chi connectivity index (χ4v) is 4.43. The Kier molecular flexibility index (Phi) is 9.07. The highest BCUT2D eigenvalue weighted by Crippen LogP contribution is 2.32. The summed E-state index contributed by atoms with van der Waals surface area (Å²) in [5.41, 5.74) is 4.77. The minimum Gasteiger partial charge on any atom is -0.406 e. The van der Waals surface area contributed by atoms with Crippen molar-refractivity contribution in [2.45, 2.75) is 68.5 Å². The molecular weight excluding hydrogens is 533 g/mol. The lowest BCUT2D eigenvalue weighted by Gasteiger charge is -2.28. The van der Waals surface area contributed by atoms with Crippen LogP contribution in [0.25, 0.3) is 0 Å². The zero-order valence-electron chi connectivity index (χ0n) is 20.4. The van der Waals surface area contributed by atoms with Crippen molar-refractivity contribution in [1.29, 1.82) is 0 Å². The third-order valence-electron chi connectivity index (χ3n) is 6.35. The average molecular weight is 562 g/mol. The van der Waals surface area contributed by atoms with Crippen molar-refractivity contribution in [2.24, 2.45) is 5.73 Å². The predicted molar refractivity (Wildman–Crippen MR) is 125 cm³/mol. The number of aromatic nitrogens is 2. The van der Waals surface area contributed by atoms with Gasteiger partial charge >= 0.3 is 12.1 Å². The summed E-state index contributed by atoms with van der Waals surface area (Å²) in [6, 6.07) is 6.30. The van der Waals surface area contributed by atoms with Gasteiger partial charge in [0.25, 0.3) is 5.56 Å². The van der Waals surface area contributed by atoms with Crippen LogP contribution in [0.15, 0.2) is 46.1 Å². The van der Waals surface area contributed by atoms with E-state index >= 15 is 0 Å². The number of benzene rings is 1. The van der Waals surface area contributed by atoms with E-state index in [1.165, 1.54) is 30.5 Å². The molecule has 0 unspecified atom stereocenters. The van der Waals surface area contributed by atoms with Crippen molar-refractivity contribution >= 4 is 0 Å². The lowest BCUT2D eigenvalue weighted by Crippen LogP contribution is -2.44. The summed E-state index contributed by atoms with van der Waals surface area (Å²) in [7, 11) is 0. The predicted octanol–water partition coefficient (Wildman–Crippen LogP) is -1.34. The molecule has 0 spiro atoms. The van der Waals surface area contributed by atoms with Crippen molar-refractivity contribution < 1.29 is 47.4 Å². The molecule has 0 amide bonds. The first-order chi connectivity index (χ1) is 18.4. The van der Waals surface area contributed by atoms with Crippen molar-refractivity contribution in [2.75, 3.05) is 13.1 Å². The SMILES string of the molecule is NC[C@H]1O[C@@H](O[C@@H](CNCc2ccc(OC(F)(F)F)cc2)[C@@H]2C[C@@H](O)[C@H](n3ccc(=O)[nH]c3=O)O2)[C@H](O)[C@@H]1O. The van der Waals surface area contributed by atoms with Crippen molar-refractivity contribution in [3.8, 4) is 5.75 Å². The number of alkyl halides is 3. The highest BCUT2D eigenvalue weighted by molar-refractivity contribution is 5.27. The van der Waals surface area contributed by atoms with E-state index in [1.54, 1.807) is 0 Å². The maximum atomic E-state index is 12.4. The van der Waals surface area contributed by atoms with E-state index in [2.05, 4.69) is 15.0 Å². The minimum absolute atomic E-state index is 0.00224. The quantitative estimate of drug-likeness (QED) is 0.201. The number of aliphatic hydroxyl groups excluding tert-OH is 3. The molecule has 13 nitrogen and oxygen atoms in total. The van der Waals surface area contributed by atoms with Crippen molar-refractivity contribution in [3.05, 3.63) is 62.9 Å². The Morgan fingerprint density at radius 2 is 1.85 bits per heavy atom. The van der Waals surface area contributed by atoms with E-state index in [-0.39, 0.29) is 31.8 Å². The van der Waals surface area contributed by atoms with Gasteiger partial charge in [0.05, 0.1) is 12.2 Å². The average Bonchev–Trinajstić information content (AvgIpc) is 3.38. The fraction of sp³-hybridized carbons (Fsp3) is 0.565. The summed E-state index contributed by atoms with van der Waals surface area (Å²) in [6.07, 6.45) is -12.6. The molecule has 8 atom stereocenters. The summed E-state index contributed by atoms with van der Waals surface area (Å²) in [5, 5.41) is 34.2. The number of halogens is 3. The van der Waals surface area contributed by atoms with Gasteiger partial charge in [-0.25, -0.2) is 4.79 Å². The standard InChI is InChI=1S/C23H29F3N4O9/c24-23(25,26)39-12-3-1-11(2-4-12)9-28-10-16(38-21-19(34)18(33)15(8-27)37-21)14-7-13(31)20(36-14)30-6-5-17(32)29-22(30)35/h1-6,13-16,18-21,28,31,33-34H,7-10,27H2,(H,29,32,35)/t13-,14+,15-,16+,18-,19-,20-,21+/m1/s1. The van der Waals surface area contributed by atoms with Crippen LogP contribution in [-0.2, 0) is 20.8 Å². The molecule has 16 heteroatoms. The molecule has 0 aliphatic carbocycles. The number of aromatic amines is 1. The van der Waals surface area contributed by atoms with Crippen LogP contribution in [0, 0.1) is 0 Å². The van der Waals surface area contributed by atoms with Crippen LogP contribution in [0.2, 0.25) is 0 Å². The lowest BCUT2D eigenvalue weighted by atomic mass is 10.1. The van der Waals surface area contributed by atoms with Crippen LogP contribution in [0.1, 0.15) is 18.2 Å². The molecule has 39 heavy (non-hydrogen) atoms. The van der Waals surface area contributed by atoms with Crippen LogP contribution in [-0.4, -0.2) is 87.2 Å². The Morgan fingerprint density at radius 1 is 1.13 bits per heavy atom. The topological polar surface area (TPSA) is 191 Å². The van der Waals surface area contributed by atoms with Gasteiger partial charge in [0.2, 0.25) is 0 Å². The van der Waals surface area contributed by atoms with E-state index in [0.717, 1.165) is 10.6 Å². The van der Waals surface area contributed by atoms with Crippen LogP contribution in [0.3, 0.4) is 0 Å². The number of hydrogen-bond acceptors (Lipinski definition) is 11. The van der Waals surface area contributed by atoms with Gasteiger partial charge in [-0.3, -0.25) is 14.3 Å². The second kappa shape index (κ2) is 12.1. The number of nitrogens with zero attached hydrogens (tertiary/aromatic N) is 1. The summed E-state index contributed by atoms with van der Waals surface area (Å²) in [4.78, 5) is 25.7. The number of nitrogens with two attached hydrogens (primary N) is 1. The Morgan fingerprint density at radius 3 is 2.46 bits per heavy atom. The Hall–Kier alpha value is -2.83. The maximum Gasteiger partial charge on any atom is 0.573 e. The first-order valence-electron chi connectivity index (χ1n) is 12.0. The van der Waals surface area contributed by atoms with Gasteiger partial charge < -0.3 is 45.3 Å². The highest BCUT2D eigenvalue weighted by atomic mass is 19.4. The number of hydrogen-bond donors (Lipinski definition) is 6. The molecule has 3 heterocycles. The summed E-state index contributed by atoms with van der Waals surface area (Å²) in [5.74, 6) is -0.371. The summed E-state index contributed by atoms with van der Waals surface area (Å²) in [6.45, 7) is 0.151. The second-order valence-corrected chi connectivity index (χ2v) is 9.14. The molecule has 7 N–H and O–H groups in total. The fourth-order valence-electron chi connectivity index (χ4n) is 4.43. The molecule has 1 aromatic heterocycles. The molecule has 2 aliphatic heterocycles. The van der Waals surface area contributed by atoms with Crippen LogP contribution >= 0.6 is 0 Å². The van der Waals surface area contributed by atoms with E-state index in [4.69, 9.17) is 19.9 Å². The zero-order chi connectivity index (χ0) is 28.3. The van der Waals surface area contributed by atoms with Crippen LogP contribution < -0.4 is 27.0 Å². The van der Waals surface area contributed by atoms with Crippen molar-refractivity contribution in [3.63, 3.8) is 0 Å². The molecule has 2 fully saturated rings. The normalized spacial score (nSPS) is 30.0. The van der Waals surface area contributed by atoms with Gasteiger partial charge in [-0.1, -0.05) is 12.1 Å². The lowest BCUT2D eigenvalue weighted by molar-refractivity contribution is -0.274. The van der Waals surface area contributed by atoms with Gasteiger partial charge in [-0.05, 0) is 17.7 Å². The number of ether oxygens (including phenoxy) is 4. The third-order valence-corrected chi connectivity index (χ3v) is 6.35. The smallest absolute Gasteiger partial charge is 0.406 e. The second-order valence-electron chi connectivity index (χ2n) is 9.14. The molecule has 2 aromatic rings. The zero-order valence-corrected chi connectivity index (χ0v) is 20.4. The molecule has 0 radical (unpaired) electrons. The molecule has 1 aromatic carbocycles. The van der Waals surface area contributed by atoms with Crippen LogP contribution in [0.5, 0.6) is 5.75 Å². The third kappa shape index (κ3) is 7.23. The van der Waals surface area contributed by atoms with Crippen LogP contribution in [0.4, 0.5) is 13.2 Å². The first kappa shape index (κ1) is 29.2. The van der Waals surface area contributed by atoms with Gasteiger partial charge in [-0.15, -0.1) is 13.2 Å². The molecule has 2 aliphatic rings. The first-order valence-corrected chi connectivity index (χ1v) is 12.0. The molecule has 0 saturated carbocycles. The van der Waals surface area contributed by atoms with E-state index in [1.807, 2.05) is 0 Å². The van der Waals surface area contributed by atoms with E-state index in [0.29, 0.717) is 5.56 Å². The van der Waals surface area contributed by atoms with Gasteiger partial charge in [0, 0.05) is 38.3 Å². The van der Waals surface area contributed by atoms with E-state index < -0.39 is 66.8 Å².